The van der Waals surface area contributed by atoms with Crippen molar-refractivity contribution in [1.29, 1.82) is 0 Å². The molecular weight excluding hydrogens is 796 g/mol. The van der Waals surface area contributed by atoms with E-state index in [-0.39, 0.29) is 89.0 Å². The van der Waals surface area contributed by atoms with E-state index in [1.54, 1.807) is 0 Å². The predicted molar refractivity (Wildman–Crippen MR) is 225 cm³/mol. The van der Waals surface area contributed by atoms with Crippen LogP contribution in [-0.4, -0.2) is 165 Å². The molecule has 0 spiro atoms. The number of carbonyl (C=O) groups is 5. The lowest BCUT2D eigenvalue weighted by Crippen LogP contribution is -2.58. The summed E-state index contributed by atoms with van der Waals surface area (Å²) in [5.74, 6) is -0.896. The molecule has 0 aliphatic rings. The first-order valence-corrected chi connectivity index (χ1v) is 20.6. The summed E-state index contributed by atoms with van der Waals surface area (Å²) in [4.78, 5) is 80.0. The number of aliphatic hydroxyl groups is 4. The van der Waals surface area contributed by atoms with Crippen LogP contribution in [0, 0.1) is 18.3 Å². The second-order valence-electron chi connectivity index (χ2n) is 16.5. The van der Waals surface area contributed by atoms with Crippen molar-refractivity contribution >= 4 is 35.8 Å². The van der Waals surface area contributed by atoms with Crippen LogP contribution in [0.15, 0.2) is 17.7 Å². The van der Waals surface area contributed by atoms with Crippen molar-refractivity contribution in [2.45, 2.75) is 135 Å². The van der Waals surface area contributed by atoms with Gasteiger partial charge in [-0.3, -0.25) is 24.0 Å². The van der Waals surface area contributed by atoms with Crippen LogP contribution in [0.1, 0.15) is 92.7 Å². The van der Waals surface area contributed by atoms with Gasteiger partial charge >= 0.3 is 0 Å². The van der Waals surface area contributed by atoms with Crippen LogP contribution in [-0.2, 0) is 44.7 Å². The number of carbonyl (C=O) groups excluding carboxylic acids is 5. The highest BCUT2D eigenvalue weighted by Gasteiger charge is 2.31. The van der Waals surface area contributed by atoms with Gasteiger partial charge in [-0.1, -0.05) is 19.0 Å². The van der Waals surface area contributed by atoms with Crippen molar-refractivity contribution in [3.63, 3.8) is 0 Å². The molecule has 1 aromatic heterocycles. The van der Waals surface area contributed by atoms with Gasteiger partial charge in [-0.2, -0.15) is 0 Å². The Morgan fingerprint density at radius 1 is 0.967 bits per heavy atom. The Balaban J connectivity index is 2.95. The van der Waals surface area contributed by atoms with E-state index in [1.165, 1.54) is 17.4 Å². The molecule has 0 bridgehead atoms. The third-order valence-electron chi connectivity index (χ3n) is 8.88. The number of terminal acetylenes is 1. The first-order chi connectivity index (χ1) is 28.7. The number of amides is 5. The third-order valence-corrected chi connectivity index (χ3v) is 8.88. The van der Waals surface area contributed by atoms with E-state index in [2.05, 4.69) is 42.3 Å². The molecule has 0 aromatic carbocycles. The van der Waals surface area contributed by atoms with E-state index in [9.17, 15) is 39.3 Å². The number of oxime groups is 1. The highest BCUT2D eigenvalue weighted by Crippen LogP contribution is 2.18. The van der Waals surface area contributed by atoms with Crippen LogP contribution in [0.5, 0.6) is 0 Å². The summed E-state index contributed by atoms with van der Waals surface area (Å²) in [5, 5.41) is 52.2. The number of imidazole rings is 1. The minimum atomic E-state index is -1.43. The lowest BCUT2D eigenvalue weighted by Gasteiger charge is -2.29. The Morgan fingerprint density at radius 2 is 1.66 bits per heavy atom. The molecule has 0 radical (unpaired) electrons. The van der Waals surface area contributed by atoms with Crippen LogP contribution in [0.4, 0.5) is 0 Å². The molecule has 5 atom stereocenters. The predicted octanol–water partition coefficient (Wildman–Crippen LogP) is -0.700. The summed E-state index contributed by atoms with van der Waals surface area (Å²) in [5.41, 5.74) is -0.390. The van der Waals surface area contributed by atoms with Crippen molar-refractivity contribution < 1.29 is 58.7 Å². The summed E-state index contributed by atoms with van der Waals surface area (Å²) in [7, 11) is 0. The summed E-state index contributed by atoms with van der Waals surface area (Å²) < 4.78 is 11.8. The number of nitrogens with zero attached hydrogens (tertiary/aromatic N) is 3. The zero-order chi connectivity index (χ0) is 46.0. The lowest BCUT2D eigenvalue weighted by atomic mass is 10.0. The van der Waals surface area contributed by atoms with Crippen LogP contribution >= 0.6 is 0 Å². The molecule has 20 nitrogen and oxygen atoms in total. The highest BCUT2D eigenvalue weighted by molar-refractivity contribution is 5.95. The van der Waals surface area contributed by atoms with Gasteiger partial charge in [-0.05, 0) is 66.2 Å². The molecule has 346 valence electrons. The van der Waals surface area contributed by atoms with Crippen molar-refractivity contribution in [3.8, 4) is 12.3 Å². The molecule has 61 heavy (non-hydrogen) atoms. The van der Waals surface area contributed by atoms with Crippen LogP contribution in [0.3, 0.4) is 0 Å². The molecule has 5 unspecified atom stereocenters. The fraction of sp³-hybridized carbons (Fsp3) is 0.732. The molecule has 0 aliphatic carbocycles. The molecule has 20 heteroatoms. The molecule has 1 heterocycles. The van der Waals surface area contributed by atoms with Crippen LogP contribution in [0.2, 0.25) is 0 Å². The van der Waals surface area contributed by atoms with Crippen molar-refractivity contribution in [2.24, 2.45) is 11.1 Å². The maximum Gasteiger partial charge on any atom is 0.245 e. The fourth-order valence-corrected chi connectivity index (χ4v) is 5.49. The number of hydrogen-bond acceptors (Lipinski definition) is 14. The monoisotopic (exact) mass is 867 g/mol. The molecule has 0 saturated heterocycles. The number of hydrogen-bond donors (Lipinski definition) is 9. The quantitative estimate of drug-likeness (QED) is 0.0194. The maximum absolute atomic E-state index is 13.8. The Bertz CT molecular complexity index is 1530. The molecule has 5 amide bonds. The fourth-order valence-electron chi connectivity index (χ4n) is 5.49. The second kappa shape index (κ2) is 28.8. The van der Waals surface area contributed by atoms with Crippen molar-refractivity contribution in [3.05, 3.63) is 18.2 Å². The summed E-state index contributed by atoms with van der Waals surface area (Å²) in [6.45, 7) is 12.5. The standard InChI is InChI=1S/C41H70N8O12/c1-9-10-16-49(36(55)13-18-60-41(7,8)14-19-59-40(4,5)6)25-35(54)46-30(21-28(2)3)38(57)47-31(22-29-23-42-27-44-29)39(58)48-32(26-51)37(56)43-15-20-61-45-24-34(53)33(52)12-11-17-50/h1,23-24,27-28,30-34,50-53H,10-22,25-26H2,2-8H3,(H,42,44)(H,43,56)(H,46,54)(H,47,57)(H,48,58). The van der Waals surface area contributed by atoms with Gasteiger partial charge in [0, 0.05) is 44.5 Å². The highest BCUT2D eigenvalue weighted by atomic mass is 16.6. The molecule has 9 N–H and O–H groups in total. The van der Waals surface area contributed by atoms with Gasteiger partial charge in [0.1, 0.15) is 30.8 Å². The summed E-state index contributed by atoms with van der Waals surface area (Å²) >= 11 is 0. The minimum absolute atomic E-state index is 0.0129. The molecule has 0 saturated carbocycles. The number of aromatic amines is 1. The third kappa shape index (κ3) is 24.4. The first-order valence-electron chi connectivity index (χ1n) is 20.6. The smallest absolute Gasteiger partial charge is 0.245 e. The Kier molecular flexibility index (Phi) is 25.7. The largest absolute Gasteiger partial charge is 0.396 e. The van der Waals surface area contributed by atoms with E-state index >= 15 is 0 Å². The van der Waals surface area contributed by atoms with E-state index in [0.717, 1.165) is 6.21 Å². The average Bonchev–Trinajstić information content (AvgIpc) is 3.70. The van der Waals surface area contributed by atoms with Crippen molar-refractivity contribution in [1.82, 2.24) is 36.1 Å². The number of aliphatic hydroxyl groups excluding tert-OH is 4. The Morgan fingerprint density at radius 3 is 2.26 bits per heavy atom. The lowest BCUT2D eigenvalue weighted by molar-refractivity contribution is -0.139. The maximum atomic E-state index is 13.8. The molecule has 0 fully saturated rings. The topological polar surface area (TPSA) is 286 Å². The number of ether oxygens (including phenoxy) is 2. The summed E-state index contributed by atoms with van der Waals surface area (Å²) in [6.07, 6.45) is 8.10. The van der Waals surface area contributed by atoms with E-state index in [1.807, 2.05) is 48.5 Å². The van der Waals surface area contributed by atoms with Gasteiger partial charge in [-0.25, -0.2) is 4.98 Å². The van der Waals surface area contributed by atoms with E-state index in [0.29, 0.717) is 25.1 Å². The molecule has 1 rings (SSSR count). The molecule has 1 aromatic rings. The SMILES string of the molecule is C#CCCN(CC(=O)NC(CC(C)C)C(=O)NC(Cc1cnc[nH]1)C(=O)NC(CO)C(=O)NCCON=CC(O)C(O)CCCO)C(=O)CCOC(C)(C)CCOC(C)(C)C. The number of rotatable bonds is 31. The van der Waals surface area contributed by atoms with E-state index < -0.39 is 66.2 Å². The van der Waals surface area contributed by atoms with Gasteiger partial charge in [-0.15, -0.1) is 12.3 Å². The number of H-pyrrole nitrogens is 1. The van der Waals surface area contributed by atoms with Crippen LogP contribution in [0.25, 0.3) is 0 Å². The Labute approximate surface area is 359 Å². The summed E-state index contributed by atoms with van der Waals surface area (Å²) in [6, 6.07) is -3.85. The number of nitrogens with one attached hydrogen (secondary N) is 5. The van der Waals surface area contributed by atoms with Gasteiger partial charge < -0.3 is 65.9 Å². The van der Waals surface area contributed by atoms with Gasteiger partial charge in [0.15, 0.2) is 0 Å². The average molecular weight is 867 g/mol. The molecule has 0 aliphatic heterocycles. The van der Waals surface area contributed by atoms with Gasteiger partial charge in [0.2, 0.25) is 29.5 Å². The van der Waals surface area contributed by atoms with Crippen molar-refractivity contribution in [2.75, 3.05) is 52.7 Å². The van der Waals surface area contributed by atoms with E-state index in [4.69, 9.17) is 25.8 Å². The minimum Gasteiger partial charge on any atom is -0.396 e. The Hall–Kier alpha value is -4.65. The van der Waals surface area contributed by atoms with Gasteiger partial charge in [0.05, 0.1) is 62.6 Å². The van der Waals surface area contributed by atoms with Gasteiger partial charge in [0.25, 0.3) is 0 Å². The molecular formula is C41H70N8O12. The zero-order valence-corrected chi connectivity index (χ0v) is 36.8. The van der Waals surface area contributed by atoms with Crippen LogP contribution < -0.4 is 21.3 Å². The zero-order valence-electron chi connectivity index (χ0n) is 36.8. The number of aromatic nitrogens is 2. The first kappa shape index (κ1) is 54.4. The second-order valence-corrected chi connectivity index (χ2v) is 16.5. The normalized spacial score (nSPS) is 14.3.